The van der Waals surface area contributed by atoms with Crippen LogP contribution in [0.5, 0.6) is 5.75 Å². The van der Waals surface area contributed by atoms with Crippen LogP contribution in [0, 0.1) is 9.49 Å². The molecule has 0 spiro atoms. The fraction of sp³-hybridized carbons (Fsp3) is 0.278. The Labute approximate surface area is 149 Å². The predicted molar refractivity (Wildman–Crippen MR) is 99.8 cm³/mol. The number of urea groups is 1. The molecule has 4 nitrogen and oxygen atoms in total. The van der Waals surface area contributed by atoms with Gasteiger partial charge >= 0.3 is 6.03 Å². The molecule has 0 aliphatic heterocycles. The standard InChI is InChI=1S/C18H19IN2O2/c1-23-16-9-7-13(8-10-16)17(12-5-6-12)21-18(22)20-15-4-2-3-14(19)11-15/h2-4,7-12,17H,5-6H2,1H3,(H2,20,21,22). The van der Waals surface area contributed by atoms with Gasteiger partial charge in [-0.2, -0.15) is 0 Å². The van der Waals surface area contributed by atoms with Crippen LogP contribution >= 0.6 is 22.6 Å². The largest absolute Gasteiger partial charge is 0.497 e. The number of methoxy groups -OCH3 is 1. The topological polar surface area (TPSA) is 50.4 Å². The number of benzene rings is 2. The maximum atomic E-state index is 12.3. The number of anilines is 1. The van der Waals surface area contributed by atoms with E-state index in [9.17, 15) is 4.79 Å². The first-order chi connectivity index (χ1) is 11.2. The van der Waals surface area contributed by atoms with Crippen molar-refractivity contribution in [1.82, 2.24) is 5.32 Å². The average molecular weight is 422 g/mol. The molecule has 2 aromatic rings. The van der Waals surface area contributed by atoms with Gasteiger partial charge in [0.15, 0.2) is 0 Å². The van der Waals surface area contributed by atoms with Gasteiger partial charge in [0, 0.05) is 9.26 Å². The zero-order chi connectivity index (χ0) is 16.2. The summed E-state index contributed by atoms with van der Waals surface area (Å²) >= 11 is 2.23. The number of hydrogen-bond acceptors (Lipinski definition) is 2. The molecule has 0 saturated heterocycles. The van der Waals surface area contributed by atoms with E-state index in [2.05, 4.69) is 33.2 Å². The van der Waals surface area contributed by atoms with Crippen molar-refractivity contribution in [3.05, 3.63) is 57.7 Å². The number of hydrogen-bond donors (Lipinski definition) is 2. The first kappa shape index (κ1) is 16.1. The molecule has 1 atom stereocenters. The predicted octanol–water partition coefficient (Wildman–Crippen LogP) is 4.57. The number of carbonyl (C=O) groups excluding carboxylic acids is 1. The second-order valence-electron chi connectivity index (χ2n) is 5.70. The summed E-state index contributed by atoms with van der Waals surface area (Å²) in [5, 5.41) is 6.02. The second-order valence-corrected chi connectivity index (χ2v) is 6.94. The lowest BCUT2D eigenvalue weighted by Gasteiger charge is -2.19. The Morgan fingerprint density at radius 3 is 2.57 bits per heavy atom. The van der Waals surface area contributed by atoms with E-state index < -0.39 is 0 Å². The van der Waals surface area contributed by atoms with Crippen molar-refractivity contribution in [2.45, 2.75) is 18.9 Å². The quantitative estimate of drug-likeness (QED) is 0.694. The van der Waals surface area contributed by atoms with E-state index >= 15 is 0 Å². The van der Waals surface area contributed by atoms with Crippen molar-refractivity contribution in [1.29, 1.82) is 0 Å². The highest BCUT2D eigenvalue weighted by atomic mass is 127. The molecule has 1 aliphatic rings. The van der Waals surface area contributed by atoms with Crippen molar-refractivity contribution in [2.75, 3.05) is 12.4 Å². The Hall–Kier alpha value is -1.76. The molecule has 1 unspecified atom stereocenters. The monoisotopic (exact) mass is 422 g/mol. The molecule has 3 rings (SSSR count). The van der Waals surface area contributed by atoms with E-state index in [-0.39, 0.29) is 12.1 Å². The summed E-state index contributed by atoms with van der Waals surface area (Å²) < 4.78 is 6.29. The van der Waals surface area contributed by atoms with Gasteiger partial charge in [0.1, 0.15) is 5.75 Å². The van der Waals surface area contributed by atoms with Crippen LogP contribution in [0.3, 0.4) is 0 Å². The molecule has 0 aromatic heterocycles. The van der Waals surface area contributed by atoms with Gasteiger partial charge in [-0.05, 0) is 77.2 Å². The Bertz CT molecular complexity index is 684. The molecule has 1 saturated carbocycles. The summed E-state index contributed by atoms with van der Waals surface area (Å²) in [6, 6.07) is 15.5. The van der Waals surface area contributed by atoms with E-state index in [1.807, 2.05) is 48.5 Å². The number of carbonyl (C=O) groups is 1. The van der Waals surface area contributed by atoms with Gasteiger partial charge in [0.25, 0.3) is 0 Å². The van der Waals surface area contributed by atoms with Crippen molar-refractivity contribution in [3.8, 4) is 5.75 Å². The smallest absolute Gasteiger partial charge is 0.319 e. The fourth-order valence-electron chi connectivity index (χ4n) is 2.59. The van der Waals surface area contributed by atoms with Crippen molar-refractivity contribution in [3.63, 3.8) is 0 Å². The summed E-state index contributed by atoms with van der Waals surface area (Å²) in [4.78, 5) is 12.3. The third kappa shape index (κ3) is 4.37. The lowest BCUT2D eigenvalue weighted by atomic mass is 10.0. The lowest BCUT2D eigenvalue weighted by Crippen LogP contribution is -2.33. The van der Waals surface area contributed by atoms with Gasteiger partial charge in [-0.25, -0.2) is 4.79 Å². The zero-order valence-electron chi connectivity index (χ0n) is 12.9. The lowest BCUT2D eigenvalue weighted by molar-refractivity contribution is 0.247. The molecule has 0 radical (unpaired) electrons. The van der Waals surface area contributed by atoms with Gasteiger partial charge in [-0.1, -0.05) is 18.2 Å². The fourth-order valence-corrected chi connectivity index (χ4v) is 3.13. The van der Waals surface area contributed by atoms with Crippen molar-refractivity contribution in [2.24, 2.45) is 5.92 Å². The van der Waals surface area contributed by atoms with Gasteiger partial charge in [0.2, 0.25) is 0 Å². The molecule has 2 amide bonds. The third-order valence-corrected chi connectivity index (χ3v) is 4.61. The summed E-state index contributed by atoms with van der Waals surface area (Å²) in [5.41, 5.74) is 1.92. The van der Waals surface area contributed by atoms with Crippen LogP contribution in [0.4, 0.5) is 10.5 Å². The molecule has 0 bridgehead atoms. The van der Waals surface area contributed by atoms with Crippen LogP contribution in [-0.2, 0) is 0 Å². The Kier molecular flexibility index (Phi) is 5.05. The number of amides is 2. The third-order valence-electron chi connectivity index (χ3n) is 3.94. The summed E-state index contributed by atoms with van der Waals surface area (Å²) in [5.74, 6) is 1.34. The molecule has 23 heavy (non-hydrogen) atoms. The minimum Gasteiger partial charge on any atom is -0.497 e. The Morgan fingerprint density at radius 2 is 1.96 bits per heavy atom. The number of rotatable bonds is 5. The molecular formula is C18H19IN2O2. The van der Waals surface area contributed by atoms with Crippen LogP contribution in [-0.4, -0.2) is 13.1 Å². The molecule has 120 valence electrons. The number of halogens is 1. The second kappa shape index (κ2) is 7.21. The average Bonchev–Trinajstić information content (AvgIpc) is 3.37. The molecule has 2 aromatic carbocycles. The molecule has 5 heteroatoms. The van der Waals surface area contributed by atoms with Gasteiger partial charge in [-0.3, -0.25) is 0 Å². The summed E-state index contributed by atoms with van der Waals surface area (Å²) in [6.07, 6.45) is 2.31. The van der Waals surface area contributed by atoms with Gasteiger partial charge in [-0.15, -0.1) is 0 Å². The van der Waals surface area contributed by atoms with Crippen molar-refractivity contribution < 1.29 is 9.53 Å². The van der Waals surface area contributed by atoms with E-state index in [4.69, 9.17) is 4.74 Å². The first-order valence-electron chi connectivity index (χ1n) is 7.63. The minimum absolute atomic E-state index is 0.0451. The van der Waals surface area contributed by atoms with Crippen LogP contribution in [0.15, 0.2) is 48.5 Å². The Morgan fingerprint density at radius 1 is 1.22 bits per heavy atom. The van der Waals surface area contributed by atoms with Crippen LogP contribution in [0.1, 0.15) is 24.4 Å². The number of ether oxygens (including phenoxy) is 1. The highest BCUT2D eigenvalue weighted by Crippen LogP contribution is 2.41. The molecule has 1 fully saturated rings. The Balaban J connectivity index is 1.68. The summed E-state index contributed by atoms with van der Waals surface area (Å²) in [7, 11) is 1.65. The molecule has 0 heterocycles. The van der Waals surface area contributed by atoms with Crippen molar-refractivity contribution >= 4 is 34.3 Å². The van der Waals surface area contributed by atoms with E-state index in [0.717, 1.165) is 33.4 Å². The normalized spacial score (nSPS) is 14.9. The summed E-state index contributed by atoms with van der Waals surface area (Å²) in [6.45, 7) is 0. The van der Waals surface area contributed by atoms with Crippen LogP contribution in [0.2, 0.25) is 0 Å². The molecule has 1 aliphatic carbocycles. The van der Waals surface area contributed by atoms with E-state index in [1.54, 1.807) is 7.11 Å². The highest BCUT2D eigenvalue weighted by molar-refractivity contribution is 14.1. The van der Waals surface area contributed by atoms with E-state index in [1.165, 1.54) is 0 Å². The highest BCUT2D eigenvalue weighted by Gasteiger charge is 2.33. The maximum absolute atomic E-state index is 12.3. The molecular weight excluding hydrogens is 403 g/mol. The number of nitrogens with one attached hydrogen (secondary N) is 2. The minimum atomic E-state index is -0.167. The molecule has 2 N–H and O–H groups in total. The van der Waals surface area contributed by atoms with Gasteiger partial charge in [0.05, 0.1) is 13.2 Å². The van der Waals surface area contributed by atoms with E-state index in [0.29, 0.717) is 5.92 Å². The first-order valence-corrected chi connectivity index (χ1v) is 8.70. The maximum Gasteiger partial charge on any atom is 0.319 e. The van der Waals surface area contributed by atoms with Crippen LogP contribution in [0.25, 0.3) is 0 Å². The zero-order valence-corrected chi connectivity index (χ0v) is 15.0. The van der Waals surface area contributed by atoms with Crippen LogP contribution < -0.4 is 15.4 Å². The van der Waals surface area contributed by atoms with Gasteiger partial charge < -0.3 is 15.4 Å². The SMILES string of the molecule is COc1ccc(C(NC(=O)Nc2cccc(I)c2)C2CC2)cc1.